The lowest BCUT2D eigenvalue weighted by molar-refractivity contribution is -0.143. The predicted octanol–water partition coefficient (Wildman–Crippen LogP) is 4.89. The van der Waals surface area contributed by atoms with Crippen LogP contribution in [0.2, 0.25) is 0 Å². The van der Waals surface area contributed by atoms with Gasteiger partial charge in [0.1, 0.15) is 5.84 Å². The number of aryl methyl sites for hydroxylation is 1. The fourth-order valence-corrected chi connectivity index (χ4v) is 4.57. The van der Waals surface area contributed by atoms with Crippen LogP contribution in [0.1, 0.15) is 42.9 Å². The molecule has 3 atom stereocenters. The minimum atomic E-state index is -0.859. The molecule has 4 N–H and O–H groups in total. The molecule has 6 nitrogen and oxygen atoms in total. The maximum Gasteiger partial charge on any atom is 0.307 e. The van der Waals surface area contributed by atoms with Crippen LogP contribution in [0.4, 0.5) is 0 Å². The second kappa shape index (κ2) is 10.4. The van der Waals surface area contributed by atoms with Crippen molar-refractivity contribution >= 4 is 11.8 Å². The Bertz CT molecular complexity index is 952. The molecule has 0 amide bonds. The summed E-state index contributed by atoms with van der Waals surface area (Å²) in [6.45, 7) is 1.97. The van der Waals surface area contributed by atoms with E-state index in [2.05, 4.69) is 40.4 Å². The molecule has 0 aliphatic heterocycles. The van der Waals surface area contributed by atoms with Gasteiger partial charge in [-0.1, -0.05) is 55.8 Å². The van der Waals surface area contributed by atoms with Gasteiger partial charge in [-0.15, -0.1) is 5.11 Å². The summed E-state index contributed by atoms with van der Waals surface area (Å²) in [5, 5.41) is 13.3. The lowest BCUT2D eigenvalue weighted by Crippen LogP contribution is -2.31. The Morgan fingerprint density at radius 1 is 1.16 bits per heavy atom. The van der Waals surface area contributed by atoms with E-state index in [4.69, 9.17) is 11.3 Å². The zero-order valence-corrected chi connectivity index (χ0v) is 18.3. The van der Waals surface area contributed by atoms with Crippen molar-refractivity contribution < 1.29 is 9.90 Å². The van der Waals surface area contributed by atoms with Gasteiger partial charge in [0.25, 0.3) is 0 Å². The highest BCUT2D eigenvalue weighted by Gasteiger charge is 2.31. The van der Waals surface area contributed by atoms with Crippen molar-refractivity contribution in [2.24, 2.45) is 27.7 Å². The van der Waals surface area contributed by atoms with Gasteiger partial charge in [-0.2, -0.15) is 0 Å². The molecule has 3 rings (SSSR count). The summed E-state index contributed by atoms with van der Waals surface area (Å²) in [6.07, 6.45) is 4.78. The first-order chi connectivity index (χ1) is 15.0. The number of aliphatic carboxylic acids is 1. The number of benzene rings is 2. The molecule has 2 aromatic rings. The van der Waals surface area contributed by atoms with E-state index >= 15 is 0 Å². The van der Waals surface area contributed by atoms with Crippen LogP contribution >= 0.6 is 0 Å². The molecule has 164 valence electrons. The van der Waals surface area contributed by atoms with Gasteiger partial charge in [0, 0.05) is 19.0 Å². The number of nitrogens with one attached hydrogen (secondary N) is 1. The number of nitrogens with zero attached hydrogens (tertiary/aromatic N) is 2. The summed E-state index contributed by atoms with van der Waals surface area (Å²) in [5.74, 6) is -1.59. The highest BCUT2D eigenvalue weighted by atomic mass is 16.4. The summed E-state index contributed by atoms with van der Waals surface area (Å²) >= 11 is 0. The van der Waals surface area contributed by atoms with Crippen LogP contribution in [-0.2, 0) is 24.1 Å². The number of nitrogens with two attached hydrogens (primary N) is 1. The third kappa shape index (κ3) is 5.44. The topological polar surface area (TPSA) is 112 Å². The number of rotatable bonds is 8. The average Bonchev–Trinajstić information content (AvgIpc) is 2.77. The molecule has 0 heterocycles. The van der Waals surface area contributed by atoms with Gasteiger partial charge >= 0.3 is 5.97 Å². The molecule has 0 saturated heterocycles. The fraction of sp³-hybridized carbons (Fsp3) is 0.440. The van der Waals surface area contributed by atoms with E-state index in [1.165, 1.54) is 16.7 Å². The second-order valence-electron chi connectivity index (χ2n) is 8.42. The number of hydrogen-bond donors (Lipinski definition) is 3. The number of carboxylic acid groups (broad SMARTS) is 1. The Morgan fingerprint density at radius 2 is 1.87 bits per heavy atom. The first-order valence-corrected chi connectivity index (χ1v) is 11.0. The first kappa shape index (κ1) is 22.8. The molecule has 0 spiro atoms. The van der Waals surface area contributed by atoms with Crippen molar-refractivity contribution in [3.8, 4) is 11.1 Å². The second-order valence-corrected chi connectivity index (χ2v) is 8.42. The standard InChI is InChI=1S/C25H32N4O2/c1-3-4-22(25(30)31)23(24(28-2)29-27)13-16-5-7-17(8-6-16)18-9-10-20-15-21(26)12-11-19(20)14-18/h5-10,14,21-23,27H,3-4,11-13,15,26H2,1-2H3,(H,30,31)/t21?,22-,23-/m0/s1. The monoisotopic (exact) mass is 420 g/mol. The molecular weight excluding hydrogens is 388 g/mol. The van der Waals surface area contributed by atoms with Crippen LogP contribution in [0, 0.1) is 17.4 Å². The molecular formula is C25H32N4O2. The lowest BCUT2D eigenvalue weighted by atomic mass is 9.82. The third-order valence-electron chi connectivity index (χ3n) is 6.29. The van der Waals surface area contributed by atoms with Crippen LogP contribution in [0.25, 0.3) is 11.1 Å². The number of carbonyl (C=O) groups is 1. The van der Waals surface area contributed by atoms with Crippen molar-refractivity contribution in [2.45, 2.75) is 51.5 Å². The van der Waals surface area contributed by atoms with Crippen molar-refractivity contribution in [3.05, 3.63) is 59.2 Å². The molecule has 2 aromatic carbocycles. The molecule has 31 heavy (non-hydrogen) atoms. The van der Waals surface area contributed by atoms with E-state index in [0.717, 1.165) is 36.8 Å². The molecule has 0 fully saturated rings. The Balaban J connectivity index is 1.82. The number of carboxylic acids is 1. The minimum Gasteiger partial charge on any atom is -0.481 e. The van der Waals surface area contributed by atoms with E-state index in [1.54, 1.807) is 7.05 Å². The minimum absolute atomic E-state index is 0.264. The molecule has 1 aliphatic rings. The molecule has 1 aliphatic carbocycles. The van der Waals surface area contributed by atoms with Gasteiger partial charge in [0.05, 0.1) is 5.92 Å². The highest BCUT2D eigenvalue weighted by Crippen LogP contribution is 2.29. The van der Waals surface area contributed by atoms with Gasteiger partial charge in [-0.05, 0) is 59.9 Å². The summed E-state index contributed by atoms with van der Waals surface area (Å²) in [7, 11) is 1.57. The van der Waals surface area contributed by atoms with E-state index in [1.807, 2.05) is 19.1 Å². The summed E-state index contributed by atoms with van der Waals surface area (Å²) in [4.78, 5) is 16.0. The zero-order valence-electron chi connectivity index (χ0n) is 18.3. The Morgan fingerprint density at radius 3 is 2.48 bits per heavy atom. The van der Waals surface area contributed by atoms with E-state index < -0.39 is 17.8 Å². The van der Waals surface area contributed by atoms with Crippen molar-refractivity contribution in [3.63, 3.8) is 0 Å². The summed E-state index contributed by atoms with van der Waals surface area (Å²) in [5.41, 5.74) is 19.6. The highest BCUT2D eigenvalue weighted by molar-refractivity contribution is 5.89. The van der Waals surface area contributed by atoms with Crippen LogP contribution in [-0.4, -0.2) is 30.0 Å². The van der Waals surface area contributed by atoms with Gasteiger partial charge in [-0.3, -0.25) is 9.79 Å². The number of fused-ring (bicyclic) bond motifs is 1. The Kier molecular flexibility index (Phi) is 7.69. The van der Waals surface area contributed by atoms with Crippen molar-refractivity contribution in [1.29, 1.82) is 5.53 Å². The fourth-order valence-electron chi connectivity index (χ4n) is 4.57. The van der Waals surface area contributed by atoms with Crippen molar-refractivity contribution in [1.82, 2.24) is 0 Å². The number of amidine groups is 1. The third-order valence-corrected chi connectivity index (χ3v) is 6.29. The molecule has 6 heteroatoms. The van der Waals surface area contributed by atoms with Crippen LogP contribution in [0.5, 0.6) is 0 Å². The van der Waals surface area contributed by atoms with Crippen molar-refractivity contribution in [2.75, 3.05) is 7.05 Å². The van der Waals surface area contributed by atoms with Crippen LogP contribution in [0.15, 0.2) is 52.6 Å². The van der Waals surface area contributed by atoms with E-state index in [-0.39, 0.29) is 11.9 Å². The summed E-state index contributed by atoms with van der Waals surface area (Å²) in [6, 6.07) is 15.1. The number of hydrogen-bond acceptors (Lipinski definition) is 4. The van der Waals surface area contributed by atoms with Gasteiger partial charge in [-0.25, -0.2) is 5.53 Å². The Labute approximate surface area is 184 Å². The number of aliphatic imine (C=N–C) groups is 1. The maximum absolute atomic E-state index is 11.9. The molecule has 1 unspecified atom stereocenters. The maximum atomic E-state index is 11.9. The Hall–Kier alpha value is -2.86. The van der Waals surface area contributed by atoms with Gasteiger partial charge in [0.15, 0.2) is 0 Å². The van der Waals surface area contributed by atoms with E-state index in [9.17, 15) is 9.90 Å². The SMILES string of the molecule is CCC[C@H](C(=O)O)[C@H](Cc1ccc(-c2ccc3c(c2)CCC(N)C3)cc1)C(N=N)=NC. The smallest absolute Gasteiger partial charge is 0.307 e. The lowest BCUT2D eigenvalue weighted by Gasteiger charge is -2.23. The van der Waals surface area contributed by atoms with E-state index in [0.29, 0.717) is 12.8 Å². The predicted molar refractivity (Wildman–Crippen MR) is 124 cm³/mol. The van der Waals surface area contributed by atoms with Gasteiger partial charge in [0.2, 0.25) is 0 Å². The van der Waals surface area contributed by atoms with Gasteiger partial charge < -0.3 is 10.8 Å². The molecule has 0 bridgehead atoms. The first-order valence-electron chi connectivity index (χ1n) is 11.0. The molecule has 0 radical (unpaired) electrons. The largest absolute Gasteiger partial charge is 0.481 e. The molecule has 0 aromatic heterocycles. The van der Waals surface area contributed by atoms with Crippen LogP contribution < -0.4 is 5.73 Å². The quantitative estimate of drug-likeness (QED) is 0.321. The summed E-state index contributed by atoms with van der Waals surface area (Å²) < 4.78 is 0. The van der Waals surface area contributed by atoms with Crippen LogP contribution in [0.3, 0.4) is 0 Å². The molecule has 0 saturated carbocycles. The average molecular weight is 421 g/mol. The normalized spacial score (nSPS) is 18.2. The zero-order chi connectivity index (χ0) is 22.4.